The summed E-state index contributed by atoms with van der Waals surface area (Å²) in [6, 6.07) is 9.84. The molecule has 0 aromatic heterocycles. The van der Waals surface area contributed by atoms with E-state index in [2.05, 4.69) is 5.32 Å². The Morgan fingerprint density at radius 2 is 1.81 bits per heavy atom. The van der Waals surface area contributed by atoms with Crippen LogP contribution >= 0.6 is 0 Å². The highest BCUT2D eigenvalue weighted by atomic mass is 19.1. The van der Waals surface area contributed by atoms with Crippen LogP contribution in [0.1, 0.15) is 6.92 Å². The molecule has 0 heterocycles. The van der Waals surface area contributed by atoms with E-state index < -0.39 is 23.4 Å². The third-order valence-corrected chi connectivity index (χ3v) is 3.67. The van der Waals surface area contributed by atoms with Crippen LogP contribution < -0.4 is 19.7 Å². The number of anilines is 1. The molecule has 0 aliphatic carbocycles. The lowest BCUT2D eigenvalue weighted by atomic mass is 10.2. The smallest absolute Gasteiger partial charge is 0.258 e. The quantitative estimate of drug-likeness (QED) is 0.767. The predicted molar refractivity (Wildman–Crippen MR) is 95.9 cm³/mol. The minimum absolute atomic E-state index is 0.0261. The maximum absolute atomic E-state index is 13.9. The second-order valence-corrected chi connectivity index (χ2v) is 5.56. The fourth-order valence-electron chi connectivity index (χ4n) is 2.39. The van der Waals surface area contributed by atoms with E-state index in [1.807, 2.05) is 0 Å². The lowest BCUT2D eigenvalue weighted by Gasteiger charge is -2.22. The summed E-state index contributed by atoms with van der Waals surface area (Å²) in [6.45, 7) is 1.11. The molecule has 2 aromatic rings. The Balaban J connectivity index is 1.87. The fourth-order valence-corrected chi connectivity index (χ4v) is 2.39. The molecule has 2 aromatic carbocycles. The molecule has 8 heteroatoms. The highest BCUT2D eigenvalue weighted by Crippen LogP contribution is 2.25. The van der Waals surface area contributed by atoms with Gasteiger partial charge in [-0.15, -0.1) is 0 Å². The molecule has 0 aliphatic heterocycles. The molecule has 6 nitrogen and oxygen atoms in total. The van der Waals surface area contributed by atoms with E-state index in [0.717, 1.165) is 11.0 Å². The molecule has 0 saturated carbocycles. The Labute approximate surface area is 155 Å². The van der Waals surface area contributed by atoms with E-state index >= 15 is 0 Å². The summed E-state index contributed by atoms with van der Waals surface area (Å²) in [5.74, 6) is -1.50. The number of nitrogens with one attached hydrogen (secondary N) is 1. The van der Waals surface area contributed by atoms with Crippen molar-refractivity contribution in [1.82, 2.24) is 5.32 Å². The summed E-state index contributed by atoms with van der Waals surface area (Å²) >= 11 is 0. The van der Waals surface area contributed by atoms with Crippen molar-refractivity contribution in [2.24, 2.45) is 0 Å². The van der Waals surface area contributed by atoms with Crippen molar-refractivity contribution in [3.8, 4) is 11.5 Å². The van der Waals surface area contributed by atoms with Gasteiger partial charge in [-0.3, -0.25) is 9.59 Å². The highest BCUT2D eigenvalue weighted by Gasteiger charge is 2.16. The average molecular weight is 378 g/mol. The van der Waals surface area contributed by atoms with Crippen molar-refractivity contribution in [1.29, 1.82) is 0 Å². The predicted octanol–water partition coefficient (Wildman–Crippen LogP) is 2.52. The molecule has 1 N–H and O–H groups in total. The number of hydrogen-bond acceptors (Lipinski definition) is 4. The molecule has 2 amide bonds. The minimum Gasteiger partial charge on any atom is -0.493 e. The molecule has 0 bridgehead atoms. The molecule has 0 unspecified atom stereocenters. The van der Waals surface area contributed by atoms with Crippen LogP contribution in [0.4, 0.5) is 14.5 Å². The summed E-state index contributed by atoms with van der Waals surface area (Å²) in [4.78, 5) is 24.8. The molecule has 0 saturated heterocycles. The van der Waals surface area contributed by atoms with Gasteiger partial charge in [0.15, 0.2) is 18.1 Å². The number of benzene rings is 2. The Morgan fingerprint density at radius 1 is 1.11 bits per heavy atom. The second-order valence-electron chi connectivity index (χ2n) is 5.56. The van der Waals surface area contributed by atoms with Crippen molar-refractivity contribution in [2.75, 3.05) is 31.7 Å². The lowest BCUT2D eigenvalue weighted by Crippen LogP contribution is -2.39. The van der Waals surface area contributed by atoms with E-state index in [1.165, 1.54) is 20.1 Å². The summed E-state index contributed by atoms with van der Waals surface area (Å²) in [7, 11) is 1.49. The molecule has 2 rings (SSSR count). The number of para-hydroxylation sites is 2. The van der Waals surface area contributed by atoms with Crippen molar-refractivity contribution >= 4 is 17.5 Å². The van der Waals surface area contributed by atoms with Crippen LogP contribution in [0.15, 0.2) is 42.5 Å². The van der Waals surface area contributed by atoms with Crippen LogP contribution in [0.3, 0.4) is 0 Å². The maximum atomic E-state index is 13.9. The zero-order chi connectivity index (χ0) is 19.8. The first-order valence-electron chi connectivity index (χ1n) is 8.18. The third kappa shape index (κ3) is 5.67. The van der Waals surface area contributed by atoms with Gasteiger partial charge in [-0.25, -0.2) is 8.78 Å². The summed E-state index contributed by atoms with van der Waals surface area (Å²) < 4.78 is 37.4. The number of ether oxygens (including phenoxy) is 2. The number of methoxy groups -OCH3 is 1. The Hall–Kier alpha value is -3.16. The van der Waals surface area contributed by atoms with E-state index in [1.54, 1.807) is 24.3 Å². The largest absolute Gasteiger partial charge is 0.493 e. The molecular formula is C19H20F2N2O4. The summed E-state index contributed by atoms with van der Waals surface area (Å²) in [5, 5.41) is 2.58. The first-order chi connectivity index (χ1) is 12.9. The van der Waals surface area contributed by atoms with Gasteiger partial charge in [-0.05, 0) is 24.3 Å². The number of carbonyl (C=O) groups excluding carboxylic acids is 2. The van der Waals surface area contributed by atoms with Gasteiger partial charge in [0.1, 0.15) is 11.6 Å². The zero-order valence-electron chi connectivity index (χ0n) is 15.0. The zero-order valence-corrected chi connectivity index (χ0v) is 15.0. The summed E-state index contributed by atoms with van der Waals surface area (Å²) in [5.41, 5.74) is -0.0524. The lowest BCUT2D eigenvalue weighted by molar-refractivity contribution is -0.123. The van der Waals surface area contributed by atoms with Crippen molar-refractivity contribution < 1.29 is 27.8 Å². The van der Waals surface area contributed by atoms with E-state index in [4.69, 9.17) is 9.47 Å². The number of carbonyl (C=O) groups is 2. The molecule has 0 aliphatic rings. The normalized spacial score (nSPS) is 10.2. The van der Waals surface area contributed by atoms with Crippen LogP contribution in [0, 0.1) is 11.6 Å². The SMILES string of the molecule is COc1ccccc1OCC(=O)NCCN(C(C)=O)c1ccc(F)cc1F. The fraction of sp³-hybridized carbons (Fsp3) is 0.263. The van der Waals surface area contributed by atoms with Crippen LogP contribution in [-0.2, 0) is 9.59 Å². The average Bonchev–Trinajstić information content (AvgIpc) is 2.64. The van der Waals surface area contributed by atoms with Gasteiger partial charge in [-0.2, -0.15) is 0 Å². The van der Waals surface area contributed by atoms with Gasteiger partial charge < -0.3 is 19.7 Å². The molecule has 0 atom stereocenters. The molecule has 27 heavy (non-hydrogen) atoms. The molecule has 144 valence electrons. The number of hydrogen-bond donors (Lipinski definition) is 1. The first-order valence-corrected chi connectivity index (χ1v) is 8.18. The standard InChI is InChI=1S/C19H20F2N2O4/c1-13(24)23(16-8-7-14(20)11-15(16)21)10-9-22-19(25)12-27-18-6-4-3-5-17(18)26-2/h3-8,11H,9-10,12H2,1-2H3,(H,22,25). The Morgan fingerprint density at radius 3 is 2.44 bits per heavy atom. The van der Waals surface area contributed by atoms with E-state index in [0.29, 0.717) is 17.6 Å². The van der Waals surface area contributed by atoms with Gasteiger partial charge in [-0.1, -0.05) is 12.1 Å². The number of amides is 2. The Bertz CT molecular complexity index is 814. The highest BCUT2D eigenvalue weighted by molar-refractivity contribution is 5.91. The van der Waals surface area contributed by atoms with Crippen LogP contribution in [0.2, 0.25) is 0 Å². The molecule has 0 spiro atoms. The van der Waals surface area contributed by atoms with Crippen LogP contribution in [0.5, 0.6) is 11.5 Å². The molecular weight excluding hydrogens is 358 g/mol. The maximum Gasteiger partial charge on any atom is 0.258 e. The summed E-state index contributed by atoms with van der Waals surface area (Å²) in [6.07, 6.45) is 0. The number of halogens is 2. The number of rotatable bonds is 8. The van der Waals surface area contributed by atoms with E-state index in [9.17, 15) is 18.4 Å². The first kappa shape index (κ1) is 20.2. The van der Waals surface area contributed by atoms with Crippen LogP contribution in [0.25, 0.3) is 0 Å². The molecule has 0 fully saturated rings. The van der Waals surface area contributed by atoms with Gasteiger partial charge in [0.05, 0.1) is 12.8 Å². The number of nitrogens with zero attached hydrogens (tertiary/aromatic N) is 1. The van der Waals surface area contributed by atoms with E-state index in [-0.39, 0.29) is 25.4 Å². The van der Waals surface area contributed by atoms with Gasteiger partial charge in [0.25, 0.3) is 5.91 Å². The molecule has 0 radical (unpaired) electrons. The third-order valence-electron chi connectivity index (χ3n) is 3.67. The second kappa shape index (κ2) is 9.51. The van der Waals surface area contributed by atoms with Crippen molar-refractivity contribution in [2.45, 2.75) is 6.92 Å². The topological polar surface area (TPSA) is 67.9 Å². The van der Waals surface area contributed by atoms with Crippen molar-refractivity contribution in [3.05, 3.63) is 54.1 Å². The van der Waals surface area contributed by atoms with Gasteiger partial charge in [0, 0.05) is 26.1 Å². The van der Waals surface area contributed by atoms with Gasteiger partial charge >= 0.3 is 0 Å². The van der Waals surface area contributed by atoms with Gasteiger partial charge in [0.2, 0.25) is 5.91 Å². The van der Waals surface area contributed by atoms with Crippen molar-refractivity contribution in [3.63, 3.8) is 0 Å². The minimum atomic E-state index is -0.851. The van der Waals surface area contributed by atoms with Crippen LogP contribution in [-0.4, -0.2) is 38.6 Å². The monoisotopic (exact) mass is 378 g/mol. The Kier molecular flexibility index (Phi) is 7.10.